The molecule has 1 aromatic rings. The molecule has 0 aliphatic carbocycles. The number of nitrogens with zero attached hydrogens (tertiary/aromatic N) is 3. The number of hydrogen-bond donors (Lipinski definition) is 1. The molecule has 3 rings (SSSR count). The predicted octanol–water partition coefficient (Wildman–Crippen LogP) is 4.08. The van der Waals surface area contributed by atoms with E-state index in [-0.39, 0.29) is 19.6 Å². The van der Waals surface area contributed by atoms with Crippen molar-refractivity contribution in [3.05, 3.63) is 28.8 Å². The van der Waals surface area contributed by atoms with Gasteiger partial charge >= 0.3 is 18.4 Å². The van der Waals surface area contributed by atoms with Crippen molar-refractivity contribution in [1.82, 2.24) is 9.80 Å². The molecule has 2 aliphatic heterocycles. The first-order chi connectivity index (χ1) is 14.9. The Balaban J connectivity index is 1.96. The molecule has 2 fully saturated rings. The summed E-state index contributed by atoms with van der Waals surface area (Å²) in [6.45, 7) is 0.127. The van der Waals surface area contributed by atoms with Crippen LogP contribution in [0.5, 0.6) is 0 Å². The SMILES string of the molecule is O=C(O)N1CCN(Cc2cccc(Cl)c2N2CCOCC2)C(C(C(F)(F)F)C(F)(F)F)C1. The van der Waals surface area contributed by atoms with E-state index >= 15 is 0 Å². The number of benzene rings is 1. The molecule has 13 heteroatoms. The molecular weight excluding hydrogens is 468 g/mol. The van der Waals surface area contributed by atoms with Gasteiger partial charge in [-0.1, -0.05) is 23.7 Å². The van der Waals surface area contributed by atoms with Gasteiger partial charge in [0.2, 0.25) is 0 Å². The van der Waals surface area contributed by atoms with Gasteiger partial charge in [-0.2, -0.15) is 26.3 Å². The number of piperazine rings is 1. The van der Waals surface area contributed by atoms with Crippen LogP contribution in [0.4, 0.5) is 36.8 Å². The van der Waals surface area contributed by atoms with Crippen molar-refractivity contribution in [3.8, 4) is 0 Å². The monoisotopic (exact) mass is 489 g/mol. The van der Waals surface area contributed by atoms with Gasteiger partial charge in [-0.15, -0.1) is 0 Å². The summed E-state index contributed by atoms with van der Waals surface area (Å²) >= 11 is 6.34. The molecule has 32 heavy (non-hydrogen) atoms. The Labute approximate surface area is 185 Å². The van der Waals surface area contributed by atoms with E-state index in [1.165, 1.54) is 0 Å². The zero-order valence-electron chi connectivity index (χ0n) is 16.8. The van der Waals surface area contributed by atoms with Gasteiger partial charge in [-0.05, 0) is 11.6 Å². The quantitative estimate of drug-likeness (QED) is 0.646. The number of halogens is 7. The molecule has 1 atom stereocenters. The van der Waals surface area contributed by atoms with E-state index in [4.69, 9.17) is 16.3 Å². The number of alkyl halides is 6. The molecule has 0 bridgehead atoms. The van der Waals surface area contributed by atoms with Gasteiger partial charge in [0, 0.05) is 45.3 Å². The summed E-state index contributed by atoms with van der Waals surface area (Å²) in [5.41, 5.74) is 1.00. The zero-order chi connectivity index (χ0) is 23.7. The van der Waals surface area contributed by atoms with E-state index in [1.54, 1.807) is 18.2 Å². The Morgan fingerprint density at radius 1 is 1.09 bits per heavy atom. The van der Waals surface area contributed by atoms with Crippen LogP contribution in [-0.2, 0) is 11.3 Å². The summed E-state index contributed by atoms with van der Waals surface area (Å²) in [7, 11) is 0. The average Bonchev–Trinajstić information content (AvgIpc) is 2.68. The molecule has 0 aromatic heterocycles. The number of morpholine rings is 1. The minimum atomic E-state index is -5.59. The first kappa shape index (κ1) is 24.7. The summed E-state index contributed by atoms with van der Waals surface area (Å²) in [4.78, 5) is 14.8. The molecule has 1 aromatic carbocycles. The molecular formula is C19H22ClF6N3O3. The third kappa shape index (κ3) is 5.52. The number of anilines is 1. The smallest absolute Gasteiger partial charge is 0.407 e. The number of rotatable bonds is 4. The number of para-hydroxylation sites is 1. The summed E-state index contributed by atoms with van der Waals surface area (Å²) < 4.78 is 86.4. The fraction of sp³-hybridized carbons (Fsp3) is 0.632. The van der Waals surface area contributed by atoms with Gasteiger partial charge in [-0.25, -0.2) is 4.79 Å². The minimum Gasteiger partial charge on any atom is -0.465 e. The van der Waals surface area contributed by atoms with E-state index in [9.17, 15) is 36.2 Å². The van der Waals surface area contributed by atoms with Crippen molar-refractivity contribution < 1.29 is 41.0 Å². The molecule has 1 unspecified atom stereocenters. The van der Waals surface area contributed by atoms with Crippen LogP contribution >= 0.6 is 11.6 Å². The number of hydrogen-bond acceptors (Lipinski definition) is 4. The Morgan fingerprint density at radius 2 is 1.72 bits per heavy atom. The fourth-order valence-corrected chi connectivity index (χ4v) is 4.52. The summed E-state index contributed by atoms with van der Waals surface area (Å²) in [6.07, 6.45) is -12.7. The third-order valence-corrected chi connectivity index (χ3v) is 5.97. The zero-order valence-corrected chi connectivity index (χ0v) is 17.6. The maximum Gasteiger partial charge on any atom is 0.407 e. The minimum absolute atomic E-state index is 0.207. The fourth-order valence-electron chi connectivity index (χ4n) is 4.20. The molecule has 1 amide bonds. The lowest BCUT2D eigenvalue weighted by Gasteiger charge is -2.45. The first-order valence-electron chi connectivity index (χ1n) is 9.85. The van der Waals surface area contributed by atoms with Crippen LogP contribution in [0.3, 0.4) is 0 Å². The van der Waals surface area contributed by atoms with Crippen LogP contribution in [0.2, 0.25) is 5.02 Å². The second-order valence-corrected chi connectivity index (χ2v) is 8.08. The van der Waals surface area contributed by atoms with Crippen molar-refractivity contribution in [2.75, 3.05) is 50.8 Å². The Bertz CT molecular complexity index is 802. The van der Waals surface area contributed by atoms with Gasteiger partial charge < -0.3 is 19.6 Å². The van der Waals surface area contributed by atoms with E-state index in [0.717, 1.165) is 4.90 Å². The number of carboxylic acid groups (broad SMARTS) is 1. The number of ether oxygens (including phenoxy) is 1. The average molecular weight is 490 g/mol. The van der Waals surface area contributed by atoms with Crippen LogP contribution in [0, 0.1) is 5.92 Å². The highest BCUT2D eigenvalue weighted by Crippen LogP contribution is 2.44. The Kier molecular flexibility index (Phi) is 7.35. The normalized spacial score (nSPS) is 21.3. The van der Waals surface area contributed by atoms with E-state index in [1.807, 2.05) is 4.90 Å². The molecule has 0 radical (unpaired) electrons. The predicted molar refractivity (Wildman–Crippen MR) is 104 cm³/mol. The van der Waals surface area contributed by atoms with Crippen LogP contribution < -0.4 is 4.90 Å². The van der Waals surface area contributed by atoms with Crippen molar-refractivity contribution in [3.63, 3.8) is 0 Å². The lowest BCUT2D eigenvalue weighted by Crippen LogP contribution is -2.62. The first-order valence-corrected chi connectivity index (χ1v) is 10.2. The summed E-state index contributed by atoms with van der Waals surface area (Å²) in [5.74, 6) is -3.69. The van der Waals surface area contributed by atoms with Crippen molar-refractivity contribution >= 4 is 23.4 Å². The molecule has 0 saturated carbocycles. The van der Waals surface area contributed by atoms with Crippen molar-refractivity contribution in [2.24, 2.45) is 5.92 Å². The standard InChI is InChI=1S/C19H22ClF6N3O3/c20-13-3-1-2-12(15(13)27-6-8-32-9-7-27)10-28-4-5-29(17(30)31)11-14(28)16(18(21,22)23)19(24,25)26/h1-3,14,16H,4-11H2,(H,30,31). The van der Waals surface area contributed by atoms with Crippen LogP contribution in [0.15, 0.2) is 18.2 Å². The maximum atomic E-state index is 13.5. The Hall–Kier alpha value is -1.92. The number of amides is 1. The maximum absolute atomic E-state index is 13.5. The second kappa shape index (κ2) is 9.52. The summed E-state index contributed by atoms with van der Waals surface area (Å²) in [6, 6.07) is 2.66. The largest absolute Gasteiger partial charge is 0.465 e. The highest BCUT2D eigenvalue weighted by atomic mass is 35.5. The molecule has 2 saturated heterocycles. The highest BCUT2D eigenvalue weighted by molar-refractivity contribution is 6.33. The highest BCUT2D eigenvalue weighted by Gasteiger charge is 2.62. The third-order valence-electron chi connectivity index (χ3n) is 5.67. The molecule has 0 spiro atoms. The molecule has 1 N–H and O–H groups in total. The van der Waals surface area contributed by atoms with Gasteiger partial charge in [0.05, 0.1) is 23.9 Å². The molecule has 2 heterocycles. The molecule has 2 aliphatic rings. The topological polar surface area (TPSA) is 56.2 Å². The lowest BCUT2D eigenvalue weighted by atomic mass is 9.93. The van der Waals surface area contributed by atoms with E-state index < -0.39 is 37.0 Å². The van der Waals surface area contributed by atoms with Gasteiger partial charge in [0.1, 0.15) is 0 Å². The van der Waals surface area contributed by atoms with Crippen molar-refractivity contribution in [2.45, 2.75) is 24.9 Å². The molecule has 6 nitrogen and oxygen atoms in total. The lowest BCUT2D eigenvalue weighted by molar-refractivity contribution is -0.302. The van der Waals surface area contributed by atoms with E-state index in [2.05, 4.69) is 0 Å². The van der Waals surface area contributed by atoms with Crippen LogP contribution in [0.1, 0.15) is 5.56 Å². The van der Waals surface area contributed by atoms with E-state index in [0.29, 0.717) is 47.5 Å². The summed E-state index contributed by atoms with van der Waals surface area (Å²) in [5, 5.41) is 9.51. The second-order valence-electron chi connectivity index (χ2n) is 7.67. The van der Waals surface area contributed by atoms with Crippen molar-refractivity contribution in [1.29, 1.82) is 0 Å². The Morgan fingerprint density at radius 3 is 2.28 bits per heavy atom. The van der Waals surface area contributed by atoms with Gasteiger partial charge in [0.15, 0.2) is 5.92 Å². The van der Waals surface area contributed by atoms with Gasteiger partial charge in [-0.3, -0.25) is 4.90 Å². The number of carbonyl (C=O) groups is 1. The van der Waals surface area contributed by atoms with Crippen LogP contribution in [-0.4, -0.2) is 85.3 Å². The van der Waals surface area contributed by atoms with Gasteiger partial charge in [0.25, 0.3) is 0 Å². The molecule has 180 valence electrons. The van der Waals surface area contributed by atoms with Crippen LogP contribution in [0.25, 0.3) is 0 Å².